The van der Waals surface area contributed by atoms with Gasteiger partial charge in [0.15, 0.2) is 6.04 Å². The highest BCUT2D eigenvalue weighted by molar-refractivity contribution is 6.20. The standard InChI is InChI=1S/C32H36N4O4/c1-32(2,3)40-31(38)36-18-16-35(17-19-36)25-14-15-26-27(20-25)34-30(37)28(22-39-21-23-10-6-4-7-11-23)33-29(26)24-12-8-5-9-13-24/h4-15,20,28H,16-19,21-22H2,1-3H3,(H,34,37)/t28-/m1/s1. The minimum atomic E-state index is -0.688. The molecule has 1 fully saturated rings. The molecule has 0 spiro atoms. The summed E-state index contributed by atoms with van der Waals surface area (Å²) in [7, 11) is 0. The van der Waals surface area contributed by atoms with E-state index in [0.717, 1.165) is 28.1 Å². The molecule has 0 aromatic heterocycles. The number of hydrogen-bond donors (Lipinski definition) is 1. The van der Waals surface area contributed by atoms with Crippen LogP contribution in [0.3, 0.4) is 0 Å². The molecule has 2 heterocycles. The zero-order chi connectivity index (χ0) is 28.1. The quantitative estimate of drug-likeness (QED) is 0.469. The first-order chi connectivity index (χ1) is 19.3. The smallest absolute Gasteiger partial charge is 0.410 e. The fourth-order valence-electron chi connectivity index (χ4n) is 4.81. The number of benzene rings is 3. The highest BCUT2D eigenvalue weighted by atomic mass is 16.6. The number of piperazine rings is 1. The maximum Gasteiger partial charge on any atom is 0.410 e. The average Bonchev–Trinajstić information content (AvgIpc) is 3.09. The van der Waals surface area contributed by atoms with E-state index in [1.54, 1.807) is 4.90 Å². The second-order valence-electron chi connectivity index (χ2n) is 11.0. The molecule has 3 aromatic carbocycles. The van der Waals surface area contributed by atoms with E-state index in [2.05, 4.69) is 16.3 Å². The first kappa shape index (κ1) is 27.4. The maximum atomic E-state index is 13.3. The number of carbonyl (C=O) groups is 2. The number of aliphatic imine (C=N–C) groups is 1. The molecule has 2 aliphatic rings. The average molecular weight is 541 g/mol. The topological polar surface area (TPSA) is 83.5 Å². The summed E-state index contributed by atoms with van der Waals surface area (Å²) in [5.41, 5.74) is 4.77. The molecule has 1 saturated heterocycles. The van der Waals surface area contributed by atoms with E-state index in [0.29, 0.717) is 38.5 Å². The van der Waals surface area contributed by atoms with Crippen LogP contribution >= 0.6 is 0 Å². The molecule has 0 aliphatic carbocycles. The molecule has 8 nitrogen and oxygen atoms in total. The summed E-state index contributed by atoms with van der Waals surface area (Å²) in [5.74, 6) is -0.202. The molecular formula is C32H36N4O4. The van der Waals surface area contributed by atoms with E-state index >= 15 is 0 Å². The van der Waals surface area contributed by atoms with Crippen molar-refractivity contribution < 1.29 is 19.1 Å². The first-order valence-electron chi connectivity index (χ1n) is 13.7. The van der Waals surface area contributed by atoms with Crippen molar-refractivity contribution in [2.24, 2.45) is 4.99 Å². The lowest BCUT2D eigenvalue weighted by Crippen LogP contribution is -2.50. The normalized spacial score (nSPS) is 17.4. The Hall–Kier alpha value is -4.17. The van der Waals surface area contributed by atoms with E-state index in [-0.39, 0.29) is 18.6 Å². The van der Waals surface area contributed by atoms with Crippen LogP contribution in [0.25, 0.3) is 0 Å². The summed E-state index contributed by atoms with van der Waals surface area (Å²) in [6.07, 6.45) is -0.286. The molecular weight excluding hydrogens is 504 g/mol. The Morgan fingerprint density at radius 3 is 2.30 bits per heavy atom. The van der Waals surface area contributed by atoms with Crippen LogP contribution in [0.15, 0.2) is 83.9 Å². The van der Waals surface area contributed by atoms with E-state index in [1.165, 1.54) is 0 Å². The lowest BCUT2D eigenvalue weighted by atomic mass is 10.00. The second-order valence-corrected chi connectivity index (χ2v) is 11.0. The third-order valence-corrected chi connectivity index (χ3v) is 6.83. The van der Waals surface area contributed by atoms with Gasteiger partial charge >= 0.3 is 6.09 Å². The van der Waals surface area contributed by atoms with Crippen molar-refractivity contribution in [1.29, 1.82) is 0 Å². The SMILES string of the molecule is CC(C)(C)OC(=O)N1CCN(c2ccc3c(c2)NC(=O)[C@@H](COCc2ccccc2)N=C3c2ccccc2)CC1. The van der Waals surface area contributed by atoms with Gasteiger partial charge in [-0.3, -0.25) is 9.79 Å². The summed E-state index contributed by atoms with van der Waals surface area (Å²) < 4.78 is 11.5. The fraction of sp³-hybridized carbons (Fsp3) is 0.344. The van der Waals surface area contributed by atoms with Crippen LogP contribution < -0.4 is 10.2 Å². The fourth-order valence-corrected chi connectivity index (χ4v) is 4.81. The van der Waals surface area contributed by atoms with Gasteiger partial charge in [0, 0.05) is 43.0 Å². The first-order valence-corrected chi connectivity index (χ1v) is 13.7. The molecule has 208 valence electrons. The van der Waals surface area contributed by atoms with Crippen LogP contribution in [0.1, 0.15) is 37.5 Å². The van der Waals surface area contributed by atoms with Crippen LogP contribution in [0.4, 0.5) is 16.2 Å². The predicted molar refractivity (Wildman–Crippen MR) is 157 cm³/mol. The van der Waals surface area contributed by atoms with E-state index in [1.807, 2.05) is 93.6 Å². The molecule has 0 radical (unpaired) electrons. The summed E-state index contributed by atoms with van der Waals surface area (Å²) in [6.45, 7) is 8.67. The highest BCUT2D eigenvalue weighted by Gasteiger charge is 2.29. The Balaban J connectivity index is 1.34. The molecule has 8 heteroatoms. The lowest BCUT2D eigenvalue weighted by Gasteiger charge is -2.37. The molecule has 0 unspecified atom stereocenters. The number of nitrogens with zero attached hydrogens (tertiary/aromatic N) is 3. The Morgan fingerprint density at radius 1 is 0.950 bits per heavy atom. The number of rotatable bonds is 6. The molecule has 0 bridgehead atoms. The summed E-state index contributed by atoms with van der Waals surface area (Å²) in [6, 6.07) is 25.2. The number of anilines is 2. The third kappa shape index (κ3) is 6.69. The van der Waals surface area contributed by atoms with Gasteiger partial charge in [0.25, 0.3) is 5.91 Å². The number of carbonyl (C=O) groups excluding carboxylic acids is 2. The van der Waals surface area contributed by atoms with Crippen molar-refractivity contribution in [3.05, 3.63) is 95.6 Å². The van der Waals surface area contributed by atoms with Gasteiger partial charge in [0.05, 0.1) is 24.6 Å². The van der Waals surface area contributed by atoms with Crippen LogP contribution in [0.2, 0.25) is 0 Å². The largest absolute Gasteiger partial charge is 0.444 e. The van der Waals surface area contributed by atoms with Gasteiger partial charge in [-0.25, -0.2) is 4.79 Å². The molecule has 2 aliphatic heterocycles. The highest BCUT2D eigenvalue weighted by Crippen LogP contribution is 2.30. The van der Waals surface area contributed by atoms with Gasteiger partial charge in [-0.05, 0) is 44.5 Å². The summed E-state index contributed by atoms with van der Waals surface area (Å²) in [5, 5.41) is 3.11. The number of fused-ring (bicyclic) bond motifs is 1. The number of nitrogens with one attached hydrogen (secondary N) is 1. The van der Waals surface area contributed by atoms with Crippen molar-refractivity contribution in [3.8, 4) is 0 Å². The third-order valence-electron chi connectivity index (χ3n) is 6.83. The minimum absolute atomic E-state index is 0.171. The van der Waals surface area contributed by atoms with E-state index in [4.69, 9.17) is 14.5 Å². The van der Waals surface area contributed by atoms with Crippen LogP contribution in [0, 0.1) is 0 Å². The van der Waals surface area contributed by atoms with Gasteiger partial charge in [0.1, 0.15) is 5.60 Å². The number of benzodiazepines with no additional fused rings is 1. The number of hydrogen-bond acceptors (Lipinski definition) is 6. The number of amides is 2. The van der Waals surface area contributed by atoms with Gasteiger partial charge in [-0.1, -0.05) is 60.7 Å². The van der Waals surface area contributed by atoms with E-state index in [9.17, 15) is 9.59 Å². The van der Waals surface area contributed by atoms with Crippen molar-refractivity contribution in [2.45, 2.75) is 39.0 Å². The zero-order valence-electron chi connectivity index (χ0n) is 23.3. The van der Waals surface area contributed by atoms with Gasteiger partial charge in [0.2, 0.25) is 0 Å². The Labute approximate surface area is 235 Å². The lowest BCUT2D eigenvalue weighted by molar-refractivity contribution is -0.118. The second kappa shape index (κ2) is 11.9. The van der Waals surface area contributed by atoms with E-state index < -0.39 is 11.6 Å². The monoisotopic (exact) mass is 540 g/mol. The Morgan fingerprint density at radius 2 is 1.62 bits per heavy atom. The van der Waals surface area contributed by atoms with Crippen LogP contribution in [0.5, 0.6) is 0 Å². The zero-order valence-corrected chi connectivity index (χ0v) is 23.3. The molecule has 40 heavy (non-hydrogen) atoms. The van der Waals surface area contributed by atoms with Gasteiger partial charge in [-0.2, -0.15) is 0 Å². The molecule has 3 aromatic rings. The molecule has 5 rings (SSSR count). The summed E-state index contributed by atoms with van der Waals surface area (Å²) in [4.78, 5) is 34.7. The maximum absolute atomic E-state index is 13.3. The van der Waals surface area contributed by atoms with Crippen molar-refractivity contribution in [1.82, 2.24) is 4.90 Å². The number of ether oxygens (including phenoxy) is 2. The Kier molecular flexibility index (Phi) is 8.16. The van der Waals surface area contributed by atoms with Gasteiger partial charge in [-0.15, -0.1) is 0 Å². The molecule has 1 N–H and O–H groups in total. The molecule has 2 amide bonds. The molecule has 1 atom stereocenters. The van der Waals surface area contributed by atoms with Crippen LogP contribution in [-0.2, 0) is 20.9 Å². The summed E-state index contributed by atoms with van der Waals surface area (Å²) >= 11 is 0. The minimum Gasteiger partial charge on any atom is -0.444 e. The van der Waals surface area contributed by atoms with Crippen molar-refractivity contribution >= 4 is 29.1 Å². The van der Waals surface area contributed by atoms with Gasteiger partial charge < -0.3 is 24.6 Å². The predicted octanol–water partition coefficient (Wildman–Crippen LogP) is 5.12. The van der Waals surface area contributed by atoms with Crippen molar-refractivity contribution in [3.63, 3.8) is 0 Å². The van der Waals surface area contributed by atoms with Crippen LogP contribution in [-0.4, -0.2) is 67.0 Å². The molecule has 0 saturated carbocycles. The van der Waals surface area contributed by atoms with Crippen molar-refractivity contribution in [2.75, 3.05) is 43.0 Å². The Bertz CT molecular complexity index is 1360.